The number of amides is 3. The Balaban J connectivity index is 0.000000636. The number of halogens is 6. The number of anilines is 2. The number of hydrogen-bond donors (Lipinski definition) is 8. The molecule has 0 bridgehead atoms. The predicted octanol–water partition coefficient (Wildman–Crippen LogP) is 6.62. The number of thiophene rings is 2. The highest BCUT2D eigenvalue weighted by atomic mass is 32.1. The minimum Gasteiger partial charge on any atom is -0.506 e. The van der Waals surface area contributed by atoms with Crippen LogP contribution in [-0.2, 0) is 45.6 Å². The summed E-state index contributed by atoms with van der Waals surface area (Å²) in [6.07, 6.45) is -5.58. The number of aliphatic hydroxyl groups excluding tert-OH is 1. The Kier molecular flexibility index (Phi) is 20.4. The second-order valence-electron chi connectivity index (χ2n) is 17.7. The quantitative estimate of drug-likeness (QED) is 0.0225. The number of nitrogens with zero attached hydrogens (tertiary/aromatic N) is 2. The fraction of sp³-hybridized carbons (Fsp3) is 0.458. The van der Waals surface area contributed by atoms with E-state index >= 15 is 0 Å². The van der Waals surface area contributed by atoms with Crippen LogP contribution in [0.4, 0.5) is 37.7 Å². The zero-order valence-electron chi connectivity index (χ0n) is 39.7. The number of carbonyl (C=O) groups is 6. The summed E-state index contributed by atoms with van der Waals surface area (Å²) in [5.41, 5.74) is 0.605. The highest BCUT2D eigenvalue weighted by molar-refractivity contribution is 7.12. The van der Waals surface area contributed by atoms with Crippen LogP contribution >= 0.6 is 22.7 Å². The monoisotopic (exact) mass is 1090 g/mol. The molecule has 2 aromatic carbocycles. The number of rotatable bonds is 18. The van der Waals surface area contributed by atoms with Crippen molar-refractivity contribution in [1.29, 1.82) is 0 Å². The van der Waals surface area contributed by atoms with Crippen LogP contribution in [0.5, 0.6) is 11.5 Å². The maximum absolute atomic E-state index is 13.3. The molecule has 2 aromatic heterocycles. The van der Waals surface area contributed by atoms with Gasteiger partial charge in [0.2, 0.25) is 17.4 Å². The van der Waals surface area contributed by atoms with Gasteiger partial charge < -0.3 is 60.8 Å². The number of alkyl halides is 6. The average Bonchev–Trinajstić information content (AvgIpc) is 4.10. The molecule has 3 aliphatic rings. The molecule has 404 valence electrons. The number of esters is 1. The van der Waals surface area contributed by atoms with Gasteiger partial charge in [-0.3, -0.25) is 14.4 Å². The number of likely N-dealkylation sites (tertiary alicyclic amines) is 1. The number of aromatic hydroxyl groups is 1. The molecule has 2 aliphatic heterocycles. The van der Waals surface area contributed by atoms with Crippen LogP contribution in [0.1, 0.15) is 78.4 Å². The Bertz CT molecular complexity index is 2470. The molecule has 1 saturated carbocycles. The number of piperidine rings is 1. The van der Waals surface area contributed by atoms with Gasteiger partial charge in [0.15, 0.2) is 12.4 Å². The first kappa shape index (κ1) is 58.6. The van der Waals surface area contributed by atoms with Crippen LogP contribution in [0, 0.1) is 5.41 Å². The summed E-state index contributed by atoms with van der Waals surface area (Å²) in [4.78, 5) is 73.5. The van der Waals surface area contributed by atoms with Gasteiger partial charge in [0, 0.05) is 57.3 Å². The number of ether oxygens (including phenoxy) is 2. The van der Waals surface area contributed by atoms with Gasteiger partial charge in [-0.25, -0.2) is 14.4 Å². The molecule has 1 saturated heterocycles. The highest BCUT2D eigenvalue weighted by Crippen LogP contribution is 2.51. The van der Waals surface area contributed by atoms with Crippen LogP contribution in [0.2, 0.25) is 0 Å². The summed E-state index contributed by atoms with van der Waals surface area (Å²) in [6, 6.07) is 17.6. The van der Waals surface area contributed by atoms with E-state index in [4.69, 9.17) is 29.3 Å². The van der Waals surface area contributed by atoms with Gasteiger partial charge in [-0.2, -0.15) is 26.3 Å². The Morgan fingerprint density at radius 1 is 0.892 bits per heavy atom. The third-order valence-corrected chi connectivity index (χ3v) is 14.3. The molecule has 3 amide bonds. The fourth-order valence-corrected chi connectivity index (χ4v) is 9.93. The maximum Gasteiger partial charge on any atom is 0.490 e. The molecule has 1 aliphatic carbocycles. The summed E-state index contributed by atoms with van der Waals surface area (Å²) in [5.74, 6) is -6.37. The third kappa shape index (κ3) is 16.3. The second kappa shape index (κ2) is 25.8. The van der Waals surface area contributed by atoms with Crippen molar-refractivity contribution in [1.82, 2.24) is 15.1 Å². The van der Waals surface area contributed by atoms with E-state index in [9.17, 15) is 60.8 Å². The molecule has 1 spiro atoms. The lowest BCUT2D eigenvalue weighted by molar-refractivity contribution is -0.193. The number of carboxylic acid groups (broad SMARTS) is 2. The van der Waals surface area contributed by atoms with Crippen molar-refractivity contribution in [2.24, 2.45) is 5.41 Å². The number of phenolic OH excluding ortho intramolecular Hbond substituents is 1. The summed E-state index contributed by atoms with van der Waals surface area (Å²) < 4.78 is 74.8. The zero-order chi connectivity index (χ0) is 54.4. The van der Waals surface area contributed by atoms with Crippen LogP contribution in [0.25, 0.3) is 0 Å². The Morgan fingerprint density at radius 2 is 1.47 bits per heavy atom. The number of fused-ring (bicyclic) bond motifs is 1. The van der Waals surface area contributed by atoms with Crippen molar-refractivity contribution in [2.45, 2.75) is 88.1 Å². The van der Waals surface area contributed by atoms with Crippen LogP contribution in [0.15, 0.2) is 71.4 Å². The molecule has 2 fully saturated rings. The smallest absolute Gasteiger partial charge is 0.490 e. The molecular weight excluding hydrogens is 1030 g/mol. The van der Waals surface area contributed by atoms with Gasteiger partial charge >= 0.3 is 30.3 Å². The standard InChI is InChI=1S/C44H53N5O9S2.2C2HF3O2/c1-48(39(54)15-19-49-20-16-43(17-21-49)24-31(25-43)58-42(55)44(56,35-6-4-22-59-35)36-7-5-23-60-36)18-3-2-8-37(52)46-30-11-9-29(10-12-30)26-45-27-34(51)32-13-14-33(50)40-41(32)57-28-38(53)47-40;2*3-2(4,5)1(6)7/h4-7,9-14,22-23,31,34,45,50-51,56H,2-3,8,15-21,24-28H2,1H3,(H,46,52)(H,47,53);2*(H,6,7)/t34-;;/m0../s1. The van der Waals surface area contributed by atoms with Gasteiger partial charge in [0.05, 0.1) is 15.9 Å². The van der Waals surface area contributed by atoms with Crippen molar-refractivity contribution >= 4 is 69.7 Å². The topological polar surface area (TPSA) is 265 Å². The molecule has 0 unspecified atom stereocenters. The van der Waals surface area contributed by atoms with Crippen LogP contribution in [-0.4, -0.2) is 136 Å². The number of hydrogen-bond acceptors (Lipinski definition) is 15. The highest BCUT2D eigenvalue weighted by Gasteiger charge is 2.51. The minimum absolute atomic E-state index is 0.0895. The minimum atomic E-state index is -5.08. The number of nitrogens with one attached hydrogen (secondary N) is 3. The van der Waals surface area contributed by atoms with Gasteiger partial charge in [-0.1, -0.05) is 24.3 Å². The number of aliphatic carboxylic acids is 2. The number of aliphatic hydroxyl groups is 2. The maximum atomic E-state index is 13.3. The van der Waals surface area contributed by atoms with E-state index < -0.39 is 42.0 Å². The van der Waals surface area contributed by atoms with Crippen molar-refractivity contribution in [3.8, 4) is 11.5 Å². The molecule has 18 nitrogen and oxygen atoms in total. The van der Waals surface area contributed by atoms with E-state index in [0.29, 0.717) is 59.9 Å². The van der Waals surface area contributed by atoms with Gasteiger partial charge in [0.25, 0.3) is 5.91 Å². The lowest BCUT2D eigenvalue weighted by Crippen LogP contribution is -2.52. The predicted molar refractivity (Wildman–Crippen MR) is 256 cm³/mol. The van der Waals surface area contributed by atoms with Crippen molar-refractivity contribution in [2.75, 3.05) is 57.0 Å². The molecule has 7 rings (SSSR count). The molecule has 74 heavy (non-hydrogen) atoms. The number of carboxylic acids is 2. The molecule has 26 heteroatoms. The first-order valence-electron chi connectivity index (χ1n) is 23.0. The SMILES string of the molecule is CN(CCCCC(=O)Nc1ccc(CNC[C@H](O)c2ccc(O)c3c2OCC(=O)N3)cc1)C(=O)CCN1CCC2(CC1)CC(OC(=O)C(O)(c1cccs1)c1cccs1)C2.O=C(O)C(F)(F)F.O=C(O)C(F)(F)F. The summed E-state index contributed by atoms with van der Waals surface area (Å²) in [6.45, 7) is 3.56. The summed E-state index contributed by atoms with van der Waals surface area (Å²) in [7, 11) is 1.81. The first-order chi connectivity index (χ1) is 34.8. The van der Waals surface area contributed by atoms with Crippen molar-refractivity contribution < 1.29 is 90.1 Å². The summed E-state index contributed by atoms with van der Waals surface area (Å²) in [5, 5.41) is 59.0. The average molecular weight is 1090 g/mol. The number of benzene rings is 2. The molecule has 4 aromatic rings. The van der Waals surface area contributed by atoms with Crippen molar-refractivity contribution in [3.05, 3.63) is 92.3 Å². The zero-order valence-corrected chi connectivity index (χ0v) is 41.3. The van der Waals surface area contributed by atoms with Gasteiger partial charge in [0.1, 0.15) is 17.5 Å². The molecule has 1 atom stereocenters. The fourth-order valence-electron chi connectivity index (χ4n) is 8.21. The number of carbonyl (C=O) groups excluding carboxylic acids is 4. The Labute approximate surface area is 427 Å². The summed E-state index contributed by atoms with van der Waals surface area (Å²) >= 11 is 2.68. The van der Waals surface area contributed by atoms with E-state index in [2.05, 4.69) is 20.9 Å². The lowest BCUT2D eigenvalue weighted by Gasteiger charge is -2.51. The van der Waals surface area contributed by atoms with Crippen LogP contribution < -0.4 is 20.7 Å². The van der Waals surface area contributed by atoms with Crippen LogP contribution in [0.3, 0.4) is 0 Å². The van der Waals surface area contributed by atoms with E-state index in [1.54, 1.807) is 23.1 Å². The van der Waals surface area contributed by atoms with E-state index in [1.165, 1.54) is 28.7 Å². The first-order valence-corrected chi connectivity index (χ1v) is 24.7. The molecule has 0 radical (unpaired) electrons. The molecule has 8 N–H and O–H groups in total. The van der Waals surface area contributed by atoms with Gasteiger partial charge in [-0.15, -0.1) is 22.7 Å². The normalized spacial score (nSPS) is 15.8. The van der Waals surface area contributed by atoms with Gasteiger partial charge in [-0.05, 0) is 110 Å². The van der Waals surface area contributed by atoms with E-state index in [1.807, 2.05) is 54.2 Å². The Hall–Kier alpha value is -6.32. The third-order valence-electron chi connectivity index (χ3n) is 12.3. The molecule has 4 heterocycles. The largest absolute Gasteiger partial charge is 0.506 e. The van der Waals surface area contributed by atoms with E-state index in [-0.39, 0.29) is 59.6 Å². The Morgan fingerprint density at radius 3 is 2.01 bits per heavy atom. The lowest BCUT2D eigenvalue weighted by atomic mass is 9.61. The number of unbranched alkanes of at least 4 members (excludes halogenated alkanes) is 1. The van der Waals surface area contributed by atoms with Crippen molar-refractivity contribution in [3.63, 3.8) is 0 Å². The van der Waals surface area contributed by atoms with E-state index in [0.717, 1.165) is 50.8 Å². The second-order valence-corrected chi connectivity index (χ2v) is 19.6. The number of phenols is 1. The molecular formula is C48H55F6N5O13S2.